The topological polar surface area (TPSA) is 51.5 Å². The van der Waals surface area contributed by atoms with Gasteiger partial charge in [0.15, 0.2) is 11.6 Å². The van der Waals surface area contributed by atoms with Crippen LogP contribution in [-0.4, -0.2) is 19.1 Å². The van der Waals surface area contributed by atoms with Crippen molar-refractivity contribution in [3.63, 3.8) is 0 Å². The van der Waals surface area contributed by atoms with Gasteiger partial charge in [-0.2, -0.15) is 0 Å². The summed E-state index contributed by atoms with van der Waals surface area (Å²) >= 11 is 0. The molecule has 2 aromatic rings. The number of rotatable bonds is 7. The molecule has 1 aromatic carbocycles. The molecule has 0 saturated carbocycles. The van der Waals surface area contributed by atoms with Gasteiger partial charge in [-0.3, -0.25) is 4.79 Å². The summed E-state index contributed by atoms with van der Waals surface area (Å²) < 4.78 is 23.7. The first-order chi connectivity index (χ1) is 10.6. The summed E-state index contributed by atoms with van der Waals surface area (Å²) in [6, 6.07) is 8.32. The molecule has 1 heterocycles. The zero-order valence-electron chi connectivity index (χ0n) is 12.8. The average Bonchev–Trinajstić information content (AvgIpc) is 2.98. The molecule has 0 fully saturated rings. The Morgan fingerprint density at radius 3 is 2.86 bits per heavy atom. The van der Waals surface area contributed by atoms with E-state index in [2.05, 4.69) is 5.32 Å². The maximum absolute atomic E-state index is 13.6. The molecular weight excluding hydrogens is 285 g/mol. The highest BCUT2D eigenvalue weighted by Gasteiger charge is 2.11. The van der Waals surface area contributed by atoms with Gasteiger partial charge in [-0.15, -0.1) is 0 Å². The van der Waals surface area contributed by atoms with Gasteiger partial charge in [0.2, 0.25) is 5.91 Å². The fourth-order valence-corrected chi connectivity index (χ4v) is 2.22. The highest BCUT2D eigenvalue weighted by Crippen LogP contribution is 2.18. The Hall–Kier alpha value is -2.30. The molecule has 0 saturated heterocycles. The molecule has 1 aromatic heterocycles. The van der Waals surface area contributed by atoms with Gasteiger partial charge < -0.3 is 14.5 Å². The third-order valence-electron chi connectivity index (χ3n) is 3.39. The lowest BCUT2D eigenvalue weighted by Crippen LogP contribution is -2.34. The van der Waals surface area contributed by atoms with Crippen LogP contribution in [0.2, 0.25) is 0 Å². The van der Waals surface area contributed by atoms with Gasteiger partial charge in [0.1, 0.15) is 5.76 Å². The van der Waals surface area contributed by atoms with E-state index in [-0.39, 0.29) is 24.1 Å². The molecular formula is C17H20FNO3. The fraction of sp³-hybridized carbons (Fsp3) is 0.353. The van der Waals surface area contributed by atoms with Crippen LogP contribution < -0.4 is 10.1 Å². The molecule has 4 nitrogen and oxygen atoms in total. The van der Waals surface area contributed by atoms with Crippen molar-refractivity contribution in [1.82, 2.24) is 5.32 Å². The lowest BCUT2D eigenvalue weighted by atomic mass is 10.1. The summed E-state index contributed by atoms with van der Waals surface area (Å²) in [7, 11) is 1.41. The minimum Gasteiger partial charge on any atom is -0.494 e. The Kier molecular flexibility index (Phi) is 5.58. The maximum Gasteiger partial charge on any atom is 0.224 e. The number of hydrogen-bond donors (Lipinski definition) is 1. The van der Waals surface area contributed by atoms with Gasteiger partial charge in [0.25, 0.3) is 0 Å². The summed E-state index contributed by atoms with van der Waals surface area (Å²) in [5.41, 5.74) is 0.619. The Bertz CT molecular complexity index is 610. The molecule has 1 N–H and O–H groups in total. The van der Waals surface area contributed by atoms with Gasteiger partial charge in [-0.25, -0.2) is 4.39 Å². The first kappa shape index (κ1) is 16.1. The first-order valence-electron chi connectivity index (χ1n) is 7.22. The van der Waals surface area contributed by atoms with Gasteiger partial charge >= 0.3 is 0 Å². The standard InChI is InChI=1S/C17H20FNO3/c1-12(5-7-14-4-3-9-22-14)19-17(20)11-13-6-8-16(21-2)15(18)10-13/h3-4,6,8-10,12H,5,7,11H2,1-2H3,(H,19,20)/t12-/m0/s1. The largest absolute Gasteiger partial charge is 0.494 e. The number of carbonyl (C=O) groups is 1. The monoisotopic (exact) mass is 305 g/mol. The van der Waals surface area contributed by atoms with Crippen LogP contribution in [0, 0.1) is 5.82 Å². The van der Waals surface area contributed by atoms with Crippen molar-refractivity contribution < 1.29 is 18.3 Å². The predicted molar refractivity (Wildman–Crippen MR) is 81.3 cm³/mol. The van der Waals surface area contributed by atoms with Crippen LogP contribution in [0.4, 0.5) is 4.39 Å². The number of furan rings is 1. The number of hydrogen-bond acceptors (Lipinski definition) is 3. The van der Waals surface area contributed by atoms with Crippen LogP contribution in [0.15, 0.2) is 41.0 Å². The Labute approximate surface area is 129 Å². The molecule has 0 spiro atoms. The maximum atomic E-state index is 13.6. The van der Waals surface area contributed by atoms with Crippen molar-refractivity contribution in [3.05, 3.63) is 53.7 Å². The summed E-state index contributed by atoms with van der Waals surface area (Å²) in [6.07, 6.45) is 3.34. The molecule has 0 aliphatic carbocycles. The van der Waals surface area contributed by atoms with Gasteiger partial charge in [0, 0.05) is 12.5 Å². The lowest BCUT2D eigenvalue weighted by molar-refractivity contribution is -0.121. The van der Waals surface area contributed by atoms with E-state index >= 15 is 0 Å². The number of halogens is 1. The number of methoxy groups -OCH3 is 1. The smallest absolute Gasteiger partial charge is 0.224 e. The van der Waals surface area contributed by atoms with E-state index in [9.17, 15) is 9.18 Å². The average molecular weight is 305 g/mol. The zero-order chi connectivity index (χ0) is 15.9. The first-order valence-corrected chi connectivity index (χ1v) is 7.22. The Morgan fingerprint density at radius 1 is 1.41 bits per heavy atom. The molecule has 1 atom stereocenters. The van der Waals surface area contributed by atoms with Crippen LogP contribution in [-0.2, 0) is 17.6 Å². The molecule has 1 amide bonds. The Balaban J connectivity index is 1.80. The van der Waals surface area contributed by atoms with Crippen molar-refractivity contribution in [3.8, 4) is 5.75 Å². The van der Waals surface area contributed by atoms with Crippen LogP contribution in [0.1, 0.15) is 24.7 Å². The second-order valence-electron chi connectivity index (χ2n) is 5.23. The predicted octanol–water partition coefficient (Wildman–Crippen LogP) is 3.11. The highest BCUT2D eigenvalue weighted by atomic mass is 19.1. The van der Waals surface area contributed by atoms with Crippen molar-refractivity contribution in [2.75, 3.05) is 7.11 Å². The van der Waals surface area contributed by atoms with E-state index < -0.39 is 5.82 Å². The normalized spacial score (nSPS) is 12.0. The number of ether oxygens (including phenoxy) is 1. The second kappa shape index (κ2) is 7.64. The highest BCUT2D eigenvalue weighted by molar-refractivity contribution is 5.78. The Morgan fingerprint density at radius 2 is 2.23 bits per heavy atom. The van der Waals surface area contributed by atoms with E-state index in [1.807, 2.05) is 19.1 Å². The van der Waals surface area contributed by atoms with E-state index in [0.29, 0.717) is 5.56 Å². The molecule has 0 bridgehead atoms. The minimum absolute atomic E-state index is 0.0284. The van der Waals surface area contributed by atoms with E-state index in [4.69, 9.17) is 9.15 Å². The molecule has 2 rings (SSSR count). The lowest BCUT2D eigenvalue weighted by Gasteiger charge is -2.13. The summed E-state index contributed by atoms with van der Waals surface area (Å²) in [5, 5.41) is 2.90. The van der Waals surface area contributed by atoms with Gasteiger partial charge in [0.05, 0.1) is 19.8 Å². The quantitative estimate of drug-likeness (QED) is 0.855. The van der Waals surface area contributed by atoms with Crippen molar-refractivity contribution in [1.29, 1.82) is 0 Å². The van der Waals surface area contributed by atoms with Crippen molar-refractivity contribution in [2.45, 2.75) is 32.2 Å². The molecule has 118 valence electrons. The van der Waals surface area contributed by atoms with Crippen LogP contribution >= 0.6 is 0 Å². The minimum atomic E-state index is -0.460. The van der Waals surface area contributed by atoms with E-state index in [0.717, 1.165) is 18.6 Å². The third-order valence-corrected chi connectivity index (χ3v) is 3.39. The third kappa shape index (κ3) is 4.62. The number of nitrogens with one attached hydrogen (secondary N) is 1. The SMILES string of the molecule is COc1ccc(CC(=O)N[C@@H](C)CCc2ccco2)cc1F. The molecule has 0 aliphatic heterocycles. The molecule has 22 heavy (non-hydrogen) atoms. The van der Waals surface area contributed by atoms with Crippen molar-refractivity contribution >= 4 is 5.91 Å². The van der Waals surface area contributed by atoms with Crippen LogP contribution in [0.25, 0.3) is 0 Å². The number of carbonyl (C=O) groups excluding carboxylic acids is 1. The van der Waals surface area contributed by atoms with E-state index in [1.54, 1.807) is 12.3 Å². The number of benzene rings is 1. The van der Waals surface area contributed by atoms with E-state index in [1.165, 1.54) is 19.2 Å². The fourth-order valence-electron chi connectivity index (χ4n) is 2.22. The van der Waals surface area contributed by atoms with Crippen LogP contribution in [0.5, 0.6) is 5.75 Å². The second-order valence-corrected chi connectivity index (χ2v) is 5.23. The van der Waals surface area contributed by atoms with Crippen molar-refractivity contribution in [2.24, 2.45) is 0 Å². The molecule has 5 heteroatoms. The zero-order valence-corrected chi connectivity index (χ0v) is 12.8. The van der Waals surface area contributed by atoms with Gasteiger partial charge in [-0.05, 0) is 43.2 Å². The summed E-state index contributed by atoms with van der Waals surface area (Å²) in [4.78, 5) is 12.0. The van der Waals surface area contributed by atoms with Crippen LogP contribution in [0.3, 0.4) is 0 Å². The number of aryl methyl sites for hydroxylation is 1. The molecule has 0 radical (unpaired) electrons. The summed E-state index contributed by atoms with van der Waals surface area (Å²) in [6.45, 7) is 1.94. The molecule has 0 unspecified atom stereocenters. The van der Waals surface area contributed by atoms with Gasteiger partial charge in [-0.1, -0.05) is 6.07 Å². The summed E-state index contributed by atoms with van der Waals surface area (Å²) in [5.74, 6) is 0.490. The number of amides is 1. The molecule has 0 aliphatic rings.